The Morgan fingerprint density at radius 2 is 1.89 bits per heavy atom. The van der Waals surface area contributed by atoms with Crippen LogP contribution < -0.4 is 5.14 Å². The standard InChI is InChI=1S/C11H9ClN2O2S2/c12-8-3-1-2-4-9(8)17-10-5-6-14-7-11(10)18(13,15)16/h1-7H,(H2,13,15,16). The van der Waals surface area contributed by atoms with Crippen LogP contribution in [0, 0.1) is 0 Å². The summed E-state index contributed by atoms with van der Waals surface area (Å²) in [7, 11) is -3.79. The van der Waals surface area contributed by atoms with Crippen LogP contribution in [-0.4, -0.2) is 13.4 Å². The minimum atomic E-state index is -3.79. The van der Waals surface area contributed by atoms with Gasteiger partial charge in [-0.25, -0.2) is 13.6 Å². The highest BCUT2D eigenvalue weighted by Crippen LogP contribution is 2.35. The summed E-state index contributed by atoms with van der Waals surface area (Å²) in [6.45, 7) is 0. The maximum atomic E-state index is 11.4. The first-order valence-corrected chi connectivity index (χ1v) is 7.62. The molecule has 0 unspecified atom stereocenters. The van der Waals surface area contributed by atoms with Gasteiger partial charge in [0.1, 0.15) is 4.90 Å². The lowest BCUT2D eigenvalue weighted by Gasteiger charge is -2.07. The fourth-order valence-corrected chi connectivity index (χ4v) is 3.42. The maximum absolute atomic E-state index is 11.4. The summed E-state index contributed by atoms with van der Waals surface area (Å²) >= 11 is 7.26. The first-order valence-electron chi connectivity index (χ1n) is 4.87. The Hall–Kier alpha value is -1.08. The van der Waals surface area contributed by atoms with Crippen molar-refractivity contribution in [3.8, 4) is 0 Å². The van der Waals surface area contributed by atoms with E-state index in [0.717, 1.165) is 4.90 Å². The molecule has 0 aliphatic carbocycles. The zero-order valence-electron chi connectivity index (χ0n) is 9.08. The van der Waals surface area contributed by atoms with E-state index in [9.17, 15) is 8.42 Å². The Labute approximate surface area is 114 Å². The number of halogens is 1. The molecule has 0 fully saturated rings. The number of pyridine rings is 1. The van der Waals surface area contributed by atoms with Crippen molar-refractivity contribution < 1.29 is 8.42 Å². The predicted molar refractivity (Wildman–Crippen MR) is 71.2 cm³/mol. The first-order chi connectivity index (χ1) is 8.48. The molecule has 18 heavy (non-hydrogen) atoms. The fraction of sp³-hybridized carbons (Fsp3) is 0. The van der Waals surface area contributed by atoms with Gasteiger partial charge in [-0.3, -0.25) is 4.98 Å². The van der Waals surface area contributed by atoms with E-state index in [1.807, 2.05) is 6.07 Å². The zero-order chi connectivity index (χ0) is 13.2. The van der Waals surface area contributed by atoms with Crippen LogP contribution in [0.3, 0.4) is 0 Å². The van der Waals surface area contributed by atoms with E-state index in [2.05, 4.69) is 4.98 Å². The summed E-state index contributed by atoms with van der Waals surface area (Å²) in [5, 5.41) is 5.69. The van der Waals surface area contributed by atoms with Crippen molar-refractivity contribution in [1.29, 1.82) is 0 Å². The molecule has 0 radical (unpaired) electrons. The summed E-state index contributed by atoms with van der Waals surface area (Å²) < 4.78 is 22.8. The molecule has 0 atom stereocenters. The molecule has 4 nitrogen and oxygen atoms in total. The summed E-state index contributed by atoms with van der Waals surface area (Å²) in [5.41, 5.74) is 0. The predicted octanol–water partition coefficient (Wildman–Crippen LogP) is 2.53. The second-order valence-corrected chi connectivity index (χ2v) is 6.42. The molecule has 0 saturated carbocycles. The SMILES string of the molecule is NS(=O)(=O)c1cnccc1Sc1ccccc1Cl. The lowest BCUT2D eigenvalue weighted by molar-refractivity contribution is 0.595. The van der Waals surface area contributed by atoms with Crippen molar-refractivity contribution in [2.45, 2.75) is 14.7 Å². The van der Waals surface area contributed by atoms with Crippen molar-refractivity contribution in [3.63, 3.8) is 0 Å². The number of rotatable bonds is 3. The smallest absolute Gasteiger partial charge is 0.240 e. The third-order valence-corrected chi connectivity index (χ3v) is 4.77. The van der Waals surface area contributed by atoms with E-state index >= 15 is 0 Å². The van der Waals surface area contributed by atoms with E-state index in [4.69, 9.17) is 16.7 Å². The van der Waals surface area contributed by atoms with Gasteiger partial charge in [0, 0.05) is 22.2 Å². The number of benzene rings is 1. The van der Waals surface area contributed by atoms with Crippen molar-refractivity contribution in [2.24, 2.45) is 5.14 Å². The number of aromatic nitrogens is 1. The molecule has 0 spiro atoms. The topological polar surface area (TPSA) is 73.1 Å². The van der Waals surface area contributed by atoms with Gasteiger partial charge in [-0.1, -0.05) is 35.5 Å². The highest BCUT2D eigenvalue weighted by molar-refractivity contribution is 8.00. The number of hydrogen-bond acceptors (Lipinski definition) is 4. The highest BCUT2D eigenvalue weighted by Gasteiger charge is 2.15. The van der Waals surface area contributed by atoms with Crippen molar-refractivity contribution in [3.05, 3.63) is 47.7 Å². The number of nitrogens with two attached hydrogens (primary N) is 1. The van der Waals surface area contributed by atoms with Gasteiger partial charge in [0.2, 0.25) is 10.0 Å². The van der Waals surface area contributed by atoms with E-state index in [-0.39, 0.29) is 4.90 Å². The maximum Gasteiger partial charge on any atom is 0.240 e. The van der Waals surface area contributed by atoms with Crippen LogP contribution in [0.4, 0.5) is 0 Å². The molecule has 0 aliphatic heterocycles. The van der Waals surface area contributed by atoms with Crippen LogP contribution in [0.1, 0.15) is 0 Å². The average Bonchev–Trinajstić information content (AvgIpc) is 2.31. The van der Waals surface area contributed by atoms with Crippen molar-refractivity contribution >= 4 is 33.4 Å². The van der Waals surface area contributed by atoms with E-state index < -0.39 is 10.0 Å². The van der Waals surface area contributed by atoms with Crippen LogP contribution in [0.5, 0.6) is 0 Å². The van der Waals surface area contributed by atoms with Crippen molar-refractivity contribution in [2.75, 3.05) is 0 Å². The minimum absolute atomic E-state index is 0.00470. The van der Waals surface area contributed by atoms with Crippen molar-refractivity contribution in [1.82, 2.24) is 4.98 Å². The monoisotopic (exact) mass is 300 g/mol. The third-order valence-electron chi connectivity index (χ3n) is 2.11. The molecule has 0 bridgehead atoms. The largest absolute Gasteiger partial charge is 0.263 e. The molecule has 2 N–H and O–H groups in total. The second kappa shape index (κ2) is 5.27. The lowest BCUT2D eigenvalue weighted by atomic mass is 10.4. The highest BCUT2D eigenvalue weighted by atomic mass is 35.5. The molecule has 0 saturated heterocycles. The molecule has 2 aromatic rings. The normalized spacial score (nSPS) is 11.4. The van der Waals surface area contributed by atoms with Crippen LogP contribution in [0.25, 0.3) is 0 Å². The minimum Gasteiger partial charge on any atom is -0.263 e. The molecular weight excluding hydrogens is 292 g/mol. The van der Waals surface area contributed by atoms with Gasteiger partial charge < -0.3 is 0 Å². The Morgan fingerprint density at radius 1 is 1.17 bits per heavy atom. The Kier molecular flexibility index (Phi) is 3.91. The van der Waals surface area contributed by atoms with E-state index in [0.29, 0.717) is 9.92 Å². The van der Waals surface area contributed by atoms with Crippen LogP contribution >= 0.6 is 23.4 Å². The second-order valence-electron chi connectivity index (χ2n) is 3.40. The van der Waals surface area contributed by atoms with Gasteiger partial charge in [0.05, 0.1) is 5.02 Å². The quantitative estimate of drug-likeness (QED) is 0.945. The van der Waals surface area contributed by atoms with Gasteiger partial charge in [0.15, 0.2) is 0 Å². The summed E-state index contributed by atoms with van der Waals surface area (Å²) in [6, 6.07) is 8.77. The third kappa shape index (κ3) is 3.02. The Bertz CT molecular complexity index is 674. The van der Waals surface area contributed by atoms with Gasteiger partial charge in [-0.05, 0) is 18.2 Å². The molecular formula is C11H9ClN2O2S2. The number of sulfonamides is 1. The van der Waals surface area contributed by atoms with Gasteiger partial charge in [-0.15, -0.1) is 0 Å². The molecule has 1 heterocycles. The summed E-state index contributed by atoms with van der Waals surface area (Å²) in [5.74, 6) is 0. The van der Waals surface area contributed by atoms with Gasteiger partial charge in [0.25, 0.3) is 0 Å². The van der Waals surface area contributed by atoms with E-state index in [1.54, 1.807) is 24.3 Å². The molecule has 2 rings (SSSR count). The number of nitrogens with zero attached hydrogens (tertiary/aromatic N) is 1. The first kappa shape index (κ1) is 13.4. The summed E-state index contributed by atoms with van der Waals surface area (Å²) in [4.78, 5) is 5.03. The van der Waals surface area contributed by atoms with E-state index in [1.165, 1.54) is 24.2 Å². The molecule has 7 heteroatoms. The van der Waals surface area contributed by atoms with Crippen LogP contribution in [-0.2, 0) is 10.0 Å². The van der Waals surface area contributed by atoms with Crippen LogP contribution in [0.15, 0.2) is 57.4 Å². The fourth-order valence-electron chi connectivity index (χ4n) is 1.31. The zero-order valence-corrected chi connectivity index (χ0v) is 11.5. The van der Waals surface area contributed by atoms with Gasteiger partial charge >= 0.3 is 0 Å². The molecule has 94 valence electrons. The Balaban J connectivity index is 2.45. The average molecular weight is 301 g/mol. The van der Waals surface area contributed by atoms with Crippen LogP contribution in [0.2, 0.25) is 5.02 Å². The molecule has 1 aromatic carbocycles. The summed E-state index contributed by atoms with van der Waals surface area (Å²) in [6.07, 6.45) is 2.74. The molecule has 1 aromatic heterocycles. The van der Waals surface area contributed by atoms with Gasteiger partial charge in [-0.2, -0.15) is 0 Å². The number of hydrogen-bond donors (Lipinski definition) is 1. The lowest BCUT2D eigenvalue weighted by Crippen LogP contribution is -2.13. The molecule has 0 aliphatic rings. The number of primary sulfonamides is 1. The molecule has 0 amide bonds. The Morgan fingerprint density at radius 3 is 2.56 bits per heavy atom.